The van der Waals surface area contributed by atoms with E-state index < -0.39 is 0 Å². The van der Waals surface area contributed by atoms with Gasteiger partial charge in [-0.3, -0.25) is 4.79 Å². The van der Waals surface area contributed by atoms with Gasteiger partial charge in [0.15, 0.2) is 0 Å². The zero-order chi connectivity index (χ0) is 14.5. The van der Waals surface area contributed by atoms with Gasteiger partial charge in [0.2, 0.25) is 0 Å². The minimum Gasteiger partial charge on any atom is -0.493 e. The summed E-state index contributed by atoms with van der Waals surface area (Å²) in [5.41, 5.74) is 6.98. The van der Waals surface area contributed by atoms with Crippen LogP contribution in [0.2, 0.25) is 0 Å². The molecule has 0 atom stereocenters. The minimum absolute atomic E-state index is 0.0292. The molecule has 110 valence electrons. The maximum absolute atomic E-state index is 12.7. The summed E-state index contributed by atoms with van der Waals surface area (Å²) in [5.74, 6) is 0.554. The first-order chi connectivity index (χ1) is 9.65. The van der Waals surface area contributed by atoms with Gasteiger partial charge in [0.25, 0.3) is 5.91 Å². The Labute approximate surface area is 120 Å². The van der Waals surface area contributed by atoms with Crippen LogP contribution >= 0.6 is 0 Å². The van der Waals surface area contributed by atoms with Gasteiger partial charge in [0, 0.05) is 18.8 Å². The number of amides is 1. The van der Waals surface area contributed by atoms with E-state index in [9.17, 15) is 4.79 Å². The number of hydrogen-bond donors (Lipinski definition) is 1. The highest BCUT2D eigenvalue weighted by Crippen LogP contribution is 2.29. The smallest absolute Gasteiger partial charge is 0.259 e. The minimum atomic E-state index is -0.0292. The topological polar surface area (TPSA) is 55.6 Å². The lowest BCUT2D eigenvalue weighted by Crippen LogP contribution is -2.38. The molecule has 1 aliphatic carbocycles. The summed E-state index contributed by atoms with van der Waals surface area (Å²) in [5, 5.41) is 0. The zero-order valence-electron chi connectivity index (χ0n) is 12.4. The van der Waals surface area contributed by atoms with Crippen molar-refractivity contribution in [3.8, 4) is 5.75 Å². The molecule has 0 aromatic heterocycles. The third kappa shape index (κ3) is 3.06. The van der Waals surface area contributed by atoms with Crippen LogP contribution in [0, 0.1) is 0 Å². The van der Waals surface area contributed by atoms with Crippen molar-refractivity contribution in [3.05, 3.63) is 23.8 Å². The Morgan fingerprint density at radius 3 is 2.70 bits per heavy atom. The number of hydrogen-bond acceptors (Lipinski definition) is 3. The van der Waals surface area contributed by atoms with E-state index >= 15 is 0 Å². The van der Waals surface area contributed by atoms with E-state index in [4.69, 9.17) is 10.5 Å². The Hall–Kier alpha value is -1.71. The van der Waals surface area contributed by atoms with Crippen molar-refractivity contribution in [2.45, 2.75) is 45.1 Å². The quantitative estimate of drug-likeness (QED) is 0.860. The summed E-state index contributed by atoms with van der Waals surface area (Å²) in [6.07, 6.45) is 5.84. The summed E-state index contributed by atoms with van der Waals surface area (Å²) >= 11 is 0. The lowest BCUT2D eigenvalue weighted by atomic mass is 9.94. The SMILES string of the molecule is CCOc1cccc(N)c1C(=O)N(C)C1CCCCC1. The van der Waals surface area contributed by atoms with E-state index in [0.29, 0.717) is 29.6 Å². The summed E-state index contributed by atoms with van der Waals surface area (Å²) in [4.78, 5) is 14.6. The van der Waals surface area contributed by atoms with Gasteiger partial charge in [0.05, 0.1) is 6.61 Å². The normalized spacial score (nSPS) is 15.9. The first-order valence-corrected chi connectivity index (χ1v) is 7.43. The Bertz CT molecular complexity index is 468. The van der Waals surface area contributed by atoms with E-state index in [2.05, 4.69) is 0 Å². The van der Waals surface area contributed by atoms with Gasteiger partial charge in [-0.1, -0.05) is 25.3 Å². The molecule has 4 nitrogen and oxygen atoms in total. The van der Waals surface area contributed by atoms with Crippen molar-refractivity contribution >= 4 is 11.6 Å². The van der Waals surface area contributed by atoms with Crippen LogP contribution < -0.4 is 10.5 Å². The molecule has 0 saturated heterocycles. The molecule has 0 heterocycles. The van der Waals surface area contributed by atoms with Gasteiger partial charge < -0.3 is 15.4 Å². The number of ether oxygens (including phenoxy) is 1. The fourth-order valence-corrected chi connectivity index (χ4v) is 2.86. The monoisotopic (exact) mass is 276 g/mol. The molecule has 1 saturated carbocycles. The summed E-state index contributed by atoms with van der Waals surface area (Å²) < 4.78 is 5.55. The van der Waals surface area contributed by atoms with E-state index in [1.54, 1.807) is 6.07 Å². The van der Waals surface area contributed by atoms with Crippen molar-refractivity contribution in [2.24, 2.45) is 0 Å². The Morgan fingerprint density at radius 1 is 1.35 bits per heavy atom. The molecule has 4 heteroatoms. The lowest BCUT2D eigenvalue weighted by Gasteiger charge is -2.32. The molecule has 1 fully saturated rings. The fraction of sp³-hybridized carbons (Fsp3) is 0.562. The van der Waals surface area contributed by atoms with Crippen LogP contribution in [-0.2, 0) is 0 Å². The molecule has 0 radical (unpaired) electrons. The van der Waals surface area contributed by atoms with Crippen molar-refractivity contribution < 1.29 is 9.53 Å². The molecule has 1 aromatic rings. The Kier molecular flexibility index (Phi) is 4.88. The summed E-state index contributed by atoms with van der Waals surface area (Å²) in [6.45, 7) is 2.43. The average Bonchev–Trinajstić information content (AvgIpc) is 2.47. The van der Waals surface area contributed by atoms with Crippen molar-refractivity contribution in [2.75, 3.05) is 19.4 Å². The fourth-order valence-electron chi connectivity index (χ4n) is 2.86. The number of carbonyl (C=O) groups excluding carboxylic acids is 1. The second-order valence-electron chi connectivity index (χ2n) is 5.36. The van der Waals surface area contributed by atoms with Gasteiger partial charge >= 0.3 is 0 Å². The molecule has 2 N–H and O–H groups in total. The van der Waals surface area contributed by atoms with Crippen LogP contribution in [0.1, 0.15) is 49.4 Å². The predicted octanol–water partition coefficient (Wildman–Crippen LogP) is 3.07. The maximum Gasteiger partial charge on any atom is 0.259 e. The molecule has 1 aromatic carbocycles. The summed E-state index contributed by atoms with van der Waals surface area (Å²) in [6, 6.07) is 5.70. The maximum atomic E-state index is 12.7. The molecule has 1 aliphatic rings. The third-order valence-electron chi connectivity index (χ3n) is 4.01. The molecule has 2 rings (SSSR count). The number of nitrogens with zero attached hydrogens (tertiary/aromatic N) is 1. The first kappa shape index (κ1) is 14.7. The number of nitrogens with two attached hydrogens (primary N) is 1. The molecule has 1 amide bonds. The van der Waals surface area contributed by atoms with E-state index in [1.807, 2.05) is 31.0 Å². The largest absolute Gasteiger partial charge is 0.493 e. The second-order valence-corrected chi connectivity index (χ2v) is 5.36. The van der Waals surface area contributed by atoms with Crippen LogP contribution in [-0.4, -0.2) is 30.5 Å². The van der Waals surface area contributed by atoms with Crippen LogP contribution in [0.5, 0.6) is 5.75 Å². The second kappa shape index (κ2) is 6.64. The van der Waals surface area contributed by atoms with E-state index in [0.717, 1.165) is 12.8 Å². The third-order valence-corrected chi connectivity index (χ3v) is 4.01. The van der Waals surface area contributed by atoms with Crippen molar-refractivity contribution in [1.29, 1.82) is 0 Å². The highest BCUT2D eigenvalue weighted by atomic mass is 16.5. The molecule has 0 unspecified atom stereocenters. The Morgan fingerprint density at radius 2 is 2.05 bits per heavy atom. The standard InChI is InChI=1S/C16H24N2O2/c1-3-20-14-11-7-10-13(17)15(14)16(19)18(2)12-8-5-4-6-9-12/h7,10-12H,3-6,8-9,17H2,1-2H3. The zero-order valence-corrected chi connectivity index (χ0v) is 12.4. The van der Waals surface area contributed by atoms with Gasteiger partial charge in [-0.15, -0.1) is 0 Å². The van der Waals surface area contributed by atoms with Crippen LogP contribution in [0.25, 0.3) is 0 Å². The van der Waals surface area contributed by atoms with Crippen molar-refractivity contribution in [1.82, 2.24) is 4.90 Å². The van der Waals surface area contributed by atoms with Gasteiger partial charge in [-0.05, 0) is 31.9 Å². The number of benzene rings is 1. The molecular formula is C16H24N2O2. The van der Waals surface area contributed by atoms with Crippen LogP contribution in [0.4, 0.5) is 5.69 Å². The van der Waals surface area contributed by atoms with Crippen molar-refractivity contribution in [3.63, 3.8) is 0 Å². The molecule has 20 heavy (non-hydrogen) atoms. The van der Waals surface area contributed by atoms with Gasteiger partial charge in [0.1, 0.15) is 11.3 Å². The highest BCUT2D eigenvalue weighted by molar-refractivity contribution is 6.01. The number of nitrogen functional groups attached to an aromatic ring is 1. The molecule has 0 spiro atoms. The molecule has 0 bridgehead atoms. The summed E-state index contributed by atoms with van der Waals surface area (Å²) in [7, 11) is 1.88. The number of carbonyl (C=O) groups is 1. The first-order valence-electron chi connectivity index (χ1n) is 7.43. The number of anilines is 1. The molecular weight excluding hydrogens is 252 g/mol. The van der Waals surface area contributed by atoms with E-state index in [1.165, 1.54) is 19.3 Å². The average molecular weight is 276 g/mol. The number of rotatable bonds is 4. The van der Waals surface area contributed by atoms with Crippen LogP contribution in [0.15, 0.2) is 18.2 Å². The van der Waals surface area contributed by atoms with Crippen LogP contribution in [0.3, 0.4) is 0 Å². The highest BCUT2D eigenvalue weighted by Gasteiger charge is 2.26. The molecule has 0 aliphatic heterocycles. The van der Waals surface area contributed by atoms with E-state index in [-0.39, 0.29) is 5.91 Å². The van der Waals surface area contributed by atoms with Gasteiger partial charge in [-0.25, -0.2) is 0 Å². The predicted molar refractivity (Wildman–Crippen MR) is 81.0 cm³/mol. The Balaban J connectivity index is 2.23. The van der Waals surface area contributed by atoms with Gasteiger partial charge in [-0.2, -0.15) is 0 Å². The lowest BCUT2D eigenvalue weighted by molar-refractivity contribution is 0.0693.